The van der Waals surface area contributed by atoms with E-state index in [1.54, 1.807) is 0 Å². The molecule has 6 N–H and O–H groups in total. The van der Waals surface area contributed by atoms with Gasteiger partial charge in [0.05, 0.1) is 11.5 Å². The second-order valence-electron chi connectivity index (χ2n) is 3.69. The number of carboxylic acid groups (broad SMARTS) is 1. The normalized spacial score (nSPS) is 28.0. The molecule has 0 aromatic carbocycles. The van der Waals surface area contributed by atoms with Gasteiger partial charge in [0.25, 0.3) is 5.97 Å². The number of aliphatic hydroxyl groups excluding tert-OH is 1. The molecular formula is C8H15NO6S. The third-order valence-corrected chi connectivity index (χ3v) is 3.57. The summed E-state index contributed by atoms with van der Waals surface area (Å²) in [7, 11) is 0. The summed E-state index contributed by atoms with van der Waals surface area (Å²) in [5, 5.41) is 46.4. The summed E-state index contributed by atoms with van der Waals surface area (Å²) in [6.07, 6.45) is -1.38. The molecule has 1 aliphatic rings. The topological polar surface area (TPSA) is 130 Å². The molecule has 0 radical (unpaired) electrons. The first-order chi connectivity index (χ1) is 7.29. The molecule has 0 spiro atoms. The Morgan fingerprint density at radius 3 is 2.56 bits per heavy atom. The molecule has 0 aromatic rings. The minimum Gasteiger partial charge on any atom is -0.480 e. The number of rotatable bonds is 5. The molecule has 0 aromatic heterocycles. The lowest BCUT2D eigenvalue weighted by Crippen LogP contribution is -2.42. The molecule has 1 fully saturated rings. The first-order valence-corrected chi connectivity index (χ1v) is 5.80. The van der Waals surface area contributed by atoms with Crippen LogP contribution >= 0.6 is 11.8 Å². The lowest BCUT2D eigenvalue weighted by Gasteiger charge is -2.21. The maximum absolute atomic E-state index is 10.6. The number of carbonyl (C=O) groups is 1. The standard InChI is InChI=1S/C8H15NO6S/c10-5(1-2-8(13,14)15)6-9-4(3-16-6)7(11)12/h4-6,9-10,13-15H,1-3H2,(H,11,12). The molecule has 1 aliphatic heterocycles. The van der Waals surface area contributed by atoms with Gasteiger partial charge in [-0.3, -0.25) is 10.1 Å². The van der Waals surface area contributed by atoms with Gasteiger partial charge in [-0.1, -0.05) is 0 Å². The minimum absolute atomic E-state index is 0.0412. The van der Waals surface area contributed by atoms with Crippen LogP contribution in [0.2, 0.25) is 0 Å². The molecule has 94 valence electrons. The number of aliphatic hydroxyl groups is 4. The fourth-order valence-corrected chi connectivity index (χ4v) is 2.61. The highest BCUT2D eigenvalue weighted by atomic mass is 32.2. The van der Waals surface area contributed by atoms with Gasteiger partial charge in [-0.05, 0) is 6.42 Å². The quantitative estimate of drug-likeness (QED) is 0.306. The van der Waals surface area contributed by atoms with Crippen LogP contribution in [0, 0.1) is 0 Å². The number of thioether (sulfide) groups is 1. The van der Waals surface area contributed by atoms with Crippen LogP contribution in [0.25, 0.3) is 0 Å². The Hall–Kier alpha value is -0.380. The van der Waals surface area contributed by atoms with Gasteiger partial charge in [-0.25, -0.2) is 0 Å². The van der Waals surface area contributed by atoms with Crippen molar-refractivity contribution in [3.8, 4) is 0 Å². The van der Waals surface area contributed by atoms with E-state index < -0.39 is 35.9 Å². The molecular weight excluding hydrogens is 238 g/mol. The zero-order chi connectivity index (χ0) is 12.3. The van der Waals surface area contributed by atoms with E-state index in [2.05, 4.69) is 5.32 Å². The predicted molar refractivity (Wildman–Crippen MR) is 55.4 cm³/mol. The summed E-state index contributed by atoms with van der Waals surface area (Å²) < 4.78 is 0. The first kappa shape index (κ1) is 13.7. The Morgan fingerprint density at radius 2 is 2.12 bits per heavy atom. The van der Waals surface area contributed by atoms with Gasteiger partial charge >= 0.3 is 5.97 Å². The molecule has 0 bridgehead atoms. The van der Waals surface area contributed by atoms with Gasteiger partial charge in [0.15, 0.2) is 0 Å². The molecule has 0 saturated carbocycles. The maximum atomic E-state index is 10.6. The van der Waals surface area contributed by atoms with Crippen LogP contribution in [0.5, 0.6) is 0 Å². The van der Waals surface area contributed by atoms with E-state index in [0.29, 0.717) is 5.75 Å². The third kappa shape index (κ3) is 4.24. The number of aliphatic carboxylic acids is 1. The predicted octanol–water partition coefficient (Wildman–Crippen LogP) is -2.13. The Labute approximate surface area is 96.1 Å². The van der Waals surface area contributed by atoms with Crippen molar-refractivity contribution < 1.29 is 30.3 Å². The highest BCUT2D eigenvalue weighted by Gasteiger charge is 2.34. The summed E-state index contributed by atoms with van der Waals surface area (Å²) in [6, 6.07) is -0.702. The van der Waals surface area contributed by atoms with Crippen LogP contribution in [-0.4, -0.2) is 60.7 Å². The fourth-order valence-electron chi connectivity index (χ4n) is 1.35. The zero-order valence-corrected chi connectivity index (χ0v) is 9.22. The summed E-state index contributed by atoms with van der Waals surface area (Å²) in [5.41, 5.74) is 0. The molecule has 7 nitrogen and oxygen atoms in total. The smallest absolute Gasteiger partial charge is 0.321 e. The lowest BCUT2D eigenvalue weighted by atomic mass is 10.1. The van der Waals surface area contributed by atoms with E-state index in [0.717, 1.165) is 0 Å². The van der Waals surface area contributed by atoms with Gasteiger partial charge in [0, 0.05) is 12.2 Å². The Balaban J connectivity index is 2.34. The van der Waals surface area contributed by atoms with E-state index >= 15 is 0 Å². The number of nitrogens with one attached hydrogen (secondary N) is 1. The number of hydrogen-bond acceptors (Lipinski definition) is 7. The highest BCUT2D eigenvalue weighted by molar-refractivity contribution is 8.00. The van der Waals surface area contributed by atoms with Gasteiger partial charge < -0.3 is 25.5 Å². The summed E-state index contributed by atoms with van der Waals surface area (Å²) >= 11 is 1.25. The van der Waals surface area contributed by atoms with E-state index in [4.69, 9.17) is 20.4 Å². The molecule has 3 atom stereocenters. The van der Waals surface area contributed by atoms with Crippen molar-refractivity contribution in [2.45, 2.75) is 36.3 Å². The van der Waals surface area contributed by atoms with E-state index in [1.807, 2.05) is 0 Å². The van der Waals surface area contributed by atoms with Crippen molar-refractivity contribution in [1.82, 2.24) is 5.32 Å². The number of hydrogen-bond donors (Lipinski definition) is 6. The molecule has 0 aliphatic carbocycles. The molecule has 1 saturated heterocycles. The average Bonchev–Trinajstić information content (AvgIpc) is 2.61. The van der Waals surface area contributed by atoms with Crippen molar-refractivity contribution in [2.24, 2.45) is 0 Å². The SMILES string of the molecule is O=C(O)C1CSC(C(O)CCC(O)(O)O)N1. The Kier molecular flexibility index (Phi) is 4.53. The minimum atomic E-state index is -2.80. The summed E-state index contributed by atoms with van der Waals surface area (Å²) in [5.74, 6) is -3.43. The van der Waals surface area contributed by atoms with Gasteiger partial charge in [0.2, 0.25) is 0 Å². The maximum Gasteiger partial charge on any atom is 0.321 e. The molecule has 3 unspecified atom stereocenters. The monoisotopic (exact) mass is 253 g/mol. The largest absolute Gasteiger partial charge is 0.480 e. The summed E-state index contributed by atoms with van der Waals surface area (Å²) in [4.78, 5) is 10.6. The fraction of sp³-hybridized carbons (Fsp3) is 0.875. The second kappa shape index (κ2) is 5.30. The lowest BCUT2D eigenvalue weighted by molar-refractivity contribution is -0.316. The third-order valence-electron chi connectivity index (χ3n) is 2.23. The first-order valence-electron chi connectivity index (χ1n) is 4.75. The van der Waals surface area contributed by atoms with E-state index in [9.17, 15) is 9.90 Å². The van der Waals surface area contributed by atoms with Gasteiger partial charge in [-0.15, -0.1) is 11.8 Å². The molecule has 8 heteroatoms. The van der Waals surface area contributed by atoms with Crippen LogP contribution in [0.1, 0.15) is 12.8 Å². The van der Waals surface area contributed by atoms with Crippen molar-refractivity contribution in [3.05, 3.63) is 0 Å². The van der Waals surface area contributed by atoms with E-state index in [1.165, 1.54) is 11.8 Å². The van der Waals surface area contributed by atoms with Crippen molar-refractivity contribution >= 4 is 17.7 Å². The van der Waals surface area contributed by atoms with Crippen LogP contribution in [0.3, 0.4) is 0 Å². The van der Waals surface area contributed by atoms with Crippen LogP contribution in [-0.2, 0) is 4.79 Å². The molecule has 1 heterocycles. The second-order valence-corrected chi connectivity index (χ2v) is 4.87. The Morgan fingerprint density at radius 1 is 1.50 bits per heavy atom. The van der Waals surface area contributed by atoms with Crippen LogP contribution in [0.15, 0.2) is 0 Å². The average molecular weight is 253 g/mol. The van der Waals surface area contributed by atoms with Gasteiger partial charge in [-0.2, -0.15) is 0 Å². The van der Waals surface area contributed by atoms with Crippen molar-refractivity contribution in [3.63, 3.8) is 0 Å². The number of carboxylic acids is 1. The van der Waals surface area contributed by atoms with E-state index in [-0.39, 0.29) is 6.42 Å². The summed E-state index contributed by atoms with van der Waals surface area (Å²) in [6.45, 7) is 0. The highest BCUT2D eigenvalue weighted by Crippen LogP contribution is 2.24. The molecule has 0 amide bonds. The zero-order valence-electron chi connectivity index (χ0n) is 8.41. The molecule has 16 heavy (non-hydrogen) atoms. The van der Waals surface area contributed by atoms with Crippen molar-refractivity contribution in [1.29, 1.82) is 0 Å². The van der Waals surface area contributed by atoms with Crippen molar-refractivity contribution in [2.75, 3.05) is 5.75 Å². The van der Waals surface area contributed by atoms with Crippen LogP contribution < -0.4 is 5.32 Å². The van der Waals surface area contributed by atoms with Crippen LogP contribution in [0.4, 0.5) is 0 Å². The van der Waals surface area contributed by atoms with Gasteiger partial charge in [0.1, 0.15) is 6.04 Å². The Bertz CT molecular complexity index is 255. The molecule has 1 rings (SSSR count).